The number of rotatable bonds is 16. The van der Waals surface area contributed by atoms with Gasteiger partial charge >= 0.3 is 0 Å². The molecule has 1 saturated heterocycles. The second-order valence-corrected chi connectivity index (χ2v) is 10.7. The van der Waals surface area contributed by atoms with Gasteiger partial charge in [-0.1, -0.05) is 63.8 Å². The predicted molar refractivity (Wildman–Crippen MR) is 164 cm³/mol. The Labute approximate surface area is 238 Å². The Morgan fingerprint density at radius 3 is 1.74 bits per heavy atom. The quantitative estimate of drug-likeness (QED) is 0.137. The highest BCUT2D eigenvalue weighted by atomic mass is 32.2. The summed E-state index contributed by atoms with van der Waals surface area (Å²) in [7, 11) is 0. The summed E-state index contributed by atoms with van der Waals surface area (Å²) in [5.74, 6) is 1.53. The highest BCUT2D eigenvalue weighted by Gasteiger charge is 2.33. The zero-order valence-corrected chi connectivity index (χ0v) is 24.8. The molecule has 0 bridgehead atoms. The van der Waals surface area contributed by atoms with E-state index in [1.165, 1.54) is 11.8 Å². The highest BCUT2D eigenvalue weighted by molar-refractivity contribution is 8.27. The molecule has 38 heavy (non-hydrogen) atoms. The molecule has 8 heteroatoms. The maximum Gasteiger partial charge on any atom is 0.270 e. The van der Waals surface area contributed by atoms with Crippen LogP contribution in [-0.4, -0.2) is 72.5 Å². The summed E-state index contributed by atoms with van der Waals surface area (Å²) in [5, 5.41) is 0. The van der Waals surface area contributed by atoms with Crippen molar-refractivity contribution in [1.82, 2.24) is 9.80 Å². The van der Waals surface area contributed by atoms with Crippen LogP contribution < -0.4 is 14.4 Å². The van der Waals surface area contributed by atoms with E-state index in [1.807, 2.05) is 54.6 Å². The molecule has 2 aromatic carbocycles. The molecule has 3 rings (SSSR count). The second kappa shape index (κ2) is 15.9. The molecule has 0 aromatic heterocycles. The van der Waals surface area contributed by atoms with Gasteiger partial charge < -0.3 is 19.3 Å². The lowest BCUT2D eigenvalue weighted by atomic mass is 10.2. The van der Waals surface area contributed by atoms with Gasteiger partial charge in [-0.25, -0.2) is 0 Å². The van der Waals surface area contributed by atoms with Gasteiger partial charge in [-0.15, -0.1) is 0 Å². The van der Waals surface area contributed by atoms with Gasteiger partial charge in [0.05, 0.1) is 23.8 Å². The molecule has 1 aliphatic heterocycles. The minimum Gasteiger partial charge on any atom is -0.494 e. The van der Waals surface area contributed by atoms with E-state index in [2.05, 4.69) is 37.5 Å². The first kappa shape index (κ1) is 30.2. The van der Waals surface area contributed by atoms with Crippen molar-refractivity contribution >= 4 is 46.0 Å². The molecule has 0 N–H and O–H groups in total. The molecule has 1 aliphatic rings. The van der Waals surface area contributed by atoms with Crippen LogP contribution in [0.2, 0.25) is 0 Å². The van der Waals surface area contributed by atoms with Crippen molar-refractivity contribution in [2.45, 2.75) is 40.5 Å². The summed E-state index contributed by atoms with van der Waals surface area (Å²) in [6, 6.07) is 15.4. The van der Waals surface area contributed by atoms with Crippen molar-refractivity contribution in [3.8, 4) is 11.5 Å². The van der Waals surface area contributed by atoms with E-state index in [0.29, 0.717) is 22.4 Å². The van der Waals surface area contributed by atoms with Gasteiger partial charge in [0, 0.05) is 13.1 Å². The zero-order chi connectivity index (χ0) is 27.3. The van der Waals surface area contributed by atoms with Gasteiger partial charge in [0.1, 0.15) is 11.5 Å². The van der Waals surface area contributed by atoms with Crippen molar-refractivity contribution in [3.05, 3.63) is 59.0 Å². The molecule has 0 atom stereocenters. The lowest BCUT2D eigenvalue weighted by Crippen LogP contribution is -2.27. The minimum absolute atomic E-state index is 0.107. The Bertz CT molecular complexity index is 1050. The number of anilines is 1. The van der Waals surface area contributed by atoms with Crippen molar-refractivity contribution < 1.29 is 14.3 Å². The number of nitrogens with zero attached hydrogens (tertiary/aromatic N) is 3. The molecular weight excluding hydrogens is 514 g/mol. The van der Waals surface area contributed by atoms with E-state index in [-0.39, 0.29) is 5.91 Å². The third-order valence-electron chi connectivity index (χ3n) is 6.63. The monoisotopic (exact) mass is 555 g/mol. The van der Waals surface area contributed by atoms with Crippen LogP contribution in [0.25, 0.3) is 6.08 Å². The SMILES string of the molecule is CCN(CC)CCCOc1ccc(/C=C2\SC(=S)N(c3ccc(OCCCN(CC)CC)cc3)C2=O)cc1. The van der Waals surface area contributed by atoms with Gasteiger partial charge in [-0.3, -0.25) is 9.69 Å². The third kappa shape index (κ3) is 8.83. The lowest BCUT2D eigenvalue weighted by molar-refractivity contribution is -0.113. The molecule has 0 spiro atoms. The van der Waals surface area contributed by atoms with Crippen molar-refractivity contribution in [2.24, 2.45) is 0 Å². The van der Waals surface area contributed by atoms with Crippen LogP contribution in [0.15, 0.2) is 53.4 Å². The van der Waals surface area contributed by atoms with Crippen LogP contribution >= 0.6 is 24.0 Å². The average molecular weight is 556 g/mol. The number of thiocarbonyl (C=S) groups is 1. The van der Waals surface area contributed by atoms with Gasteiger partial charge in [0.15, 0.2) is 4.32 Å². The van der Waals surface area contributed by atoms with Crippen molar-refractivity contribution in [3.63, 3.8) is 0 Å². The second-order valence-electron chi connectivity index (χ2n) is 9.04. The summed E-state index contributed by atoms with van der Waals surface area (Å²) >= 11 is 6.87. The minimum atomic E-state index is -0.107. The first-order chi connectivity index (χ1) is 18.5. The molecular formula is C30H41N3O3S2. The Balaban J connectivity index is 1.52. The number of amides is 1. The first-order valence-corrected chi connectivity index (χ1v) is 14.9. The van der Waals surface area contributed by atoms with E-state index >= 15 is 0 Å². The Morgan fingerprint density at radius 1 is 0.789 bits per heavy atom. The molecule has 0 aliphatic carbocycles. The maximum absolute atomic E-state index is 13.2. The zero-order valence-electron chi connectivity index (χ0n) is 23.2. The number of thioether (sulfide) groups is 1. The van der Waals surface area contributed by atoms with Crippen molar-refractivity contribution in [2.75, 3.05) is 57.4 Å². The molecule has 1 amide bonds. The fourth-order valence-corrected chi connectivity index (χ4v) is 5.53. The fraction of sp³-hybridized carbons (Fsp3) is 0.467. The predicted octanol–water partition coefficient (Wildman–Crippen LogP) is 6.31. The smallest absolute Gasteiger partial charge is 0.270 e. The van der Waals surface area contributed by atoms with Crippen LogP contribution in [0, 0.1) is 0 Å². The highest BCUT2D eigenvalue weighted by Crippen LogP contribution is 2.36. The Hall–Kier alpha value is -2.39. The first-order valence-electron chi connectivity index (χ1n) is 13.7. The number of hydrogen-bond donors (Lipinski definition) is 0. The Kier molecular flexibility index (Phi) is 12.6. The summed E-state index contributed by atoms with van der Waals surface area (Å²) in [5.41, 5.74) is 1.69. The normalized spacial score (nSPS) is 14.8. The van der Waals surface area contributed by atoms with Crippen LogP contribution in [0.3, 0.4) is 0 Å². The number of hydrogen-bond acceptors (Lipinski definition) is 7. The maximum atomic E-state index is 13.2. The van der Waals surface area contributed by atoms with Crippen LogP contribution in [0.5, 0.6) is 11.5 Å². The standard InChI is InChI=1S/C30H41N3O3S2/c1-5-31(6-2)19-9-21-35-26-15-11-24(12-16-26)23-28-29(34)33(30(37)38-28)25-13-17-27(18-14-25)36-22-10-20-32(7-3)8-4/h11-18,23H,5-10,19-22H2,1-4H3/b28-23-. The molecule has 206 valence electrons. The number of ether oxygens (including phenoxy) is 2. The number of carbonyl (C=O) groups excluding carboxylic acids is 1. The van der Waals surface area contributed by atoms with Crippen LogP contribution in [0.1, 0.15) is 46.1 Å². The van der Waals surface area contributed by atoms with E-state index in [1.54, 1.807) is 4.90 Å². The molecule has 0 radical (unpaired) electrons. The number of benzene rings is 2. The summed E-state index contributed by atoms with van der Waals surface area (Å²) < 4.78 is 12.3. The molecule has 0 saturated carbocycles. The Morgan fingerprint density at radius 2 is 1.26 bits per heavy atom. The van der Waals surface area contributed by atoms with Gasteiger partial charge in [-0.2, -0.15) is 0 Å². The van der Waals surface area contributed by atoms with Gasteiger partial charge in [0.25, 0.3) is 5.91 Å². The van der Waals surface area contributed by atoms with E-state index in [0.717, 1.165) is 74.9 Å². The molecule has 1 fully saturated rings. The van der Waals surface area contributed by atoms with Crippen LogP contribution in [0.4, 0.5) is 5.69 Å². The molecule has 1 heterocycles. The summed E-state index contributed by atoms with van der Waals surface area (Å²) in [4.78, 5) is 20.1. The van der Waals surface area contributed by atoms with E-state index in [9.17, 15) is 4.79 Å². The topological polar surface area (TPSA) is 45.2 Å². The fourth-order valence-electron chi connectivity index (χ4n) is 4.23. The number of carbonyl (C=O) groups is 1. The van der Waals surface area contributed by atoms with Gasteiger partial charge in [0.2, 0.25) is 0 Å². The molecule has 0 unspecified atom stereocenters. The van der Waals surface area contributed by atoms with Crippen molar-refractivity contribution in [1.29, 1.82) is 0 Å². The summed E-state index contributed by atoms with van der Waals surface area (Å²) in [6.45, 7) is 16.4. The largest absolute Gasteiger partial charge is 0.494 e. The summed E-state index contributed by atoms with van der Waals surface area (Å²) in [6.07, 6.45) is 3.86. The van der Waals surface area contributed by atoms with E-state index < -0.39 is 0 Å². The molecule has 2 aromatic rings. The van der Waals surface area contributed by atoms with Gasteiger partial charge in [-0.05, 0) is 87.1 Å². The van der Waals surface area contributed by atoms with E-state index in [4.69, 9.17) is 21.7 Å². The lowest BCUT2D eigenvalue weighted by Gasteiger charge is -2.18. The third-order valence-corrected chi connectivity index (χ3v) is 7.93. The average Bonchev–Trinajstić information content (AvgIpc) is 3.22. The van der Waals surface area contributed by atoms with Crippen LogP contribution in [-0.2, 0) is 4.79 Å². The molecule has 6 nitrogen and oxygen atoms in total.